The molecule has 0 aliphatic carbocycles. The Bertz CT molecular complexity index is 779. The van der Waals surface area contributed by atoms with Crippen LogP contribution in [0.25, 0.3) is 0 Å². The van der Waals surface area contributed by atoms with E-state index in [4.69, 9.17) is 12.2 Å². The molecule has 1 atom stereocenters. The van der Waals surface area contributed by atoms with Crippen molar-refractivity contribution in [3.63, 3.8) is 0 Å². The maximum atomic E-state index is 12.7. The van der Waals surface area contributed by atoms with Gasteiger partial charge in [-0.25, -0.2) is 16.8 Å². The molecule has 0 radical (unpaired) electrons. The van der Waals surface area contributed by atoms with E-state index in [0.29, 0.717) is 0 Å². The third kappa shape index (κ3) is 3.20. The Morgan fingerprint density at radius 3 is 2.57 bits per heavy atom. The van der Waals surface area contributed by atoms with Gasteiger partial charge in [-0.3, -0.25) is 0 Å². The third-order valence-corrected chi connectivity index (χ3v) is 7.09. The van der Waals surface area contributed by atoms with Crippen LogP contribution in [0.2, 0.25) is 0 Å². The normalized spacial score (nSPS) is 21.2. The average Bonchev–Trinajstić information content (AvgIpc) is 2.76. The smallest absolute Gasteiger partial charge is 0.246 e. The van der Waals surface area contributed by atoms with Gasteiger partial charge in [0.2, 0.25) is 10.0 Å². The molecule has 1 aromatic rings. The second-order valence-electron chi connectivity index (χ2n) is 4.85. The fourth-order valence-corrected chi connectivity index (χ4v) is 5.86. The predicted molar refractivity (Wildman–Crippen MR) is 80.6 cm³/mol. The SMILES string of the molecule is C#CCN(C1CCS(=O)(=O)C1)S(=O)(=O)c1ccccc1N. The van der Waals surface area contributed by atoms with E-state index in [0.717, 1.165) is 4.31 Å². The summed E-state index contributed by atoms with van der Waals surface area (Å²) in [6.45, 7) is -0.184. The van der Waals surface area contributed by atoms with E-state index in [1.165, 1.54) is 12.1 Å². The van der Waals surface area contributed by atoms with Crippen molar-refractivity contribution in [2.75, 3.05) is 23.8 Å². The Hall–Kier alpha value is -1.56. The first-order chi connectivity index (χ1) is 9.78. The molecule has 114 valence electrons. The zero-order chi connectivity index (χ0) is 15.7. The summed E-state index contributed by atoms with van der Waals surface area (Å²) in [6.07, 6.45) is 5.49. The van der Waals surface area contributed by atoms with Crippen LogP contribution in [0.3, 0.4) is 0 Å². The summed E-state index contributed by atoms with van der Waals surface area (Å²) in [4.78, 5) is -0.0513. The summed E-state index contributed by atoms with van der Waals surface area (Å²) in [6, 6.07) is 5.41. The zero-order valence-corrected chi connectivity index (χ0v) is 12.9. The summed E-state index contributed by atoms with van der Waals surface area (Å²) in [5, 5.41) is 0. The van der Waals surface area contributed by atoms with Crippen molar-refractivity contribution in [2.45, 2.75) is 17.4 Å². The molecule has 6 nitrogen and oxygen atoms in total. The Morgan fingerprint density at radius 1 is 1.38 bits per heavy atom. The number of rotatable bonds is 4. The Balaban J connectivity index is 2.43. The van der Waals surface area contributed by atoms with Gasteiger partial charge < -0.3 is 5.73 Å². The van der Waals surface area contributed by atoms with Gasteiger partial charge in [0.25, 0.3) is 0 Å². The van der Waals surface area contributed by atoms with E-state index in [1.807, 2.05) is 0 Å². The maximum Gasteiger partial charge on any atom is 0.246 e. The molecule has 1 saturated heterocycles. The number of hydrogen-bond acceptors (Lipinski definition) is 5. The van der Waals surface area contributed by atoms with E-state index in [-0.39, 0.29) is 35.1 Å². The van der Waals surface area contributed by atoms with E-state index in [9.17, 15) is 16.8 Å². The summed E-state index contributed by atoms with van der Waals surface area (Å²) >= 11 is 0. The molecule has 0 aromatic heterocycles. The van der Waals surface area contributed by atoms with Crippen molar-refractivity contribution in [3.05, 3.63) is 24.3 Å². The van der Waals surface area contributed by atoms with Gasteiger partial charge >= 0.3 is 0 Å². The lowest BCUT2D eigenvalue weighted by molar-refractivity contribution is 0.371. The number of sulfonamides is 1. The Kier molecular flexibility index (Phi) is 4.27. The molecule has 1 aliphatic heterocycles. The molecule has 1 fully saturated rings. The van der Waals surface area contributed by atoms with Crippen LogP contribution in [0, 0.1) is 12.3 Å². The average molecular weight is 328 g/mol. The first kappa shape index (κ1) is 15.8. The molecule has 0 spiro atoms. The third-order valence-electron chi connectivity index (χ3n) is 3.37. The monoisotopic (exact) mass is 328 g/mol. The Labute approximate surface area is 124 Å². The number of nitrogen functional groups attached to an aromatic ring is 1. The minimum atomic E-state index is -3.93. The van der Waals surface area contributed by atoms with E-state index in [1.54, 1.807) is 12.1 Å². The van der Waals surface area contributed by atoms with Crippen LogP contribution in [-0.2, 0) is 19.9 Å². The molecule has 1 aromatic carbocycles. The zero-order valence-electron chi connectivity index (χ0n) is 11.3. The lowest BCUT2D eigenvalue weighted by Gasteiger charge is -2.25. The number of sulfone groups is 1. The second kappa shape index (κ2) is 5.67. The summed E-state index contributed by atoms with van der Waals surface area (Å²) in [5.41, 5.74) is 5.83. The van der Waals surface area contributed by atoms with Gasteiger partial charge in [-0.2, -0.15) is 4.31 Å². The van der Waals surface area contributed by atoms with Crippen molar-refractivity contribution in [2.24, 2.45) is 0 Å². The second-order valence-corrected chi connectivity index (χ2v) is 8.94. The van der Waals surface area contributed by atoms with E-state index in [2.05, 4.69) is 5.92 Å². The lowest BCUT2D eigenvalue weighted by atomic mass is 10.3. The number of benzene rings is 1. The molecule has 1 unspecified atom stereocenters. The molecule has 0 amide bonds. The number of nitrogens with zero attached hydrogens (tertiary/aromatic N) is 1. The fourth-order valence-electron chi connectivity index (χ4n) is 2.34. The first-order valence-electron chi connectivity index (χ1n) is 6.28. The summed E-state index contributed by atoms with van der Waals surface area (Å²) < 4.78 is 49.6. The van der Waals surface area contributed by atoms with Gasteiger partial charge in [-0.1, -0.05) is 18.1 Å². The summed E-state index contributed by atoms with van der Waals surface area (Å²) in [7, 11) is -7.14. The molecule has 8 heteroatoms. The van der Waals surface area contributed by atoms with E-state index >= 15 is 0 Å². The number of hydrogen-bond donors (Lipinski definition) is 1. The quantitative estimate of drug-likeness (QED) is 0.623. The van der Waals surface area contributed by atoms with Gasteiger partial charge in [-0.05, 0) is 18.6 Å². The van der Waals surface area contributed by atoms with Crippen LogP contribution < -0.4 is 5.73 Å². The number of para-hydroxylation sites is 1. The number of terminal acetylenes is 1. The van der Waals surface area contributed by atoms with Gasteiger partial charge in [-0.15, -0.1) is 6.42 Å². The van der Waals surface area contributed by atoms with Crippen LogP contribution >= 0.6 is 0 Å². The van der Waals surface area contributed by atoms with Crippen molar-refractivity contribution >= 4 is 25.5 Å². The highest BCUT2D eigenvalue weighted by molar-refractivity contribution is 7.92. The van der Waals surface area contributed by atoms with Crippen LogP contribution in [0.15, 0.2) is 29.2 Å². The Morgan fingerprint density at radius 2 is 2.05 bits per heavy atom. The summed E-state index contributed by atoms with van der Waals surface area (Å²) in [5.74, 6) is 2.04. The standard InChI is InChI=1S/C13H16N2O4S2/c1-2-8-15(11-7-9-20(16,17)10-11)21(18,19)13-6-4-3-5-12(13)14/h1,3-6,11H,7-10,14H2. The van der Waals surface area contributed by atoms with Crippen molar-refractivity contribution in [1.82, 2.24) is 4.31 Å². The molecular weight excluding hydrogens is 312 g/mol. The lowest BCUT2D eigenvalue weighted by Crippen LogP contribution is -2.41. The van der Waals surface area contributed by atoms with Crippen LogP contribution in [0.5, 0.6) is 0 Å². The first-order valence-corrected chi connectivity index (χ1v) is 9.54. The highest BCUT2D eigenvalue weighted by Gasteiger charge is 2.38. The van der Waals surface area contributed by atoms with Gasteiger partial charge in [0.05, 0.1) is 23.7 Å². The number of anilines is 1. The van der Waals surface area contributed by atoms with Gasteiger partial charge in [0.1, 0.15) is 4.90 Å². The molecular formula is C13H16N2O4S2. The largest absolute Gasteiger partial charge is 0.398 e. The van der Waals surface area contributed by atoms with Crippen molar-refractivity contribution < 1.29 is 16.8 Å². The predicted octanol–water partition coefficient (Wildman–Crippen LogP) is 0.0798. The molecule has 2 N–H and O–H groups in total. The molecule has 0 saturated carbocycles. The van der Waals surface area contributed by atoms with Gasteiger partial charge in [0.15, 0.2) is 9.84 Å². The molecule has 0 bridgehead atoms. The van der Waals surface area contributed by atoms with Crippen LogP contribution in [-0.4, -0.2) is 45.2 Å². The minimum Gasteiger partial charge on any atom is -0.398 e. The number of nitrogens with two attached hydrogens (primary N) is 1. The topological polar surface area (TPSA) is 97.5 Å². The molecule has 21 heavy (non-hydrogen) atoms. The highest BCUT2D eigenvalue weighted by Crippen LogP contribution is 2.27. The highest BCUT2D eigenvalue weighted by atomic mass is 32.2. The maximum absolute atomic E-state index is 12.7. The molecule has 2 rings (SSSR count). The minimum absolute atomic E-state index is 0.0292. The van der Waals surface area contributed by atoms with Crippen LogP contribution in [0.4, 0.5) is 5.69 Å². The molecule has 1 aliphatic rings. The fraction of sp³-hybridized carbons (Fsp3) is 0.385. The van der Waals surface area contributed by atoms with E-state index < -0.39 is 25.9 Å². The molecule has 1 heterocycles. The van der Waals surface area contributed by atoms with Crippen molar-refractivity contribution in [1.29, 1.82) is 0 Å². The van der Waals surface area contributed by atoms with Gasteiger partial charge in [0, 0.05) is 6.04 Å². The van der Waals surface area contributed by atoms with Crippen molar-refractivity contribution in [3.8, 4) is 12.3 Å². The van der Waals surface area contributed by atoms with Crippen LogP contribution in [0.1, 0.15) is 6.42 Å².